The van der Waals surface area contributed by atoms with Gasteiger partial charge in [-0.2, -0.15) is 0 Å². The molecule has 1 heterocycles. The summed E-state index contributed by atoms with van der Waals surface area (Å²) in [7, 11) is 0. The normalized spacial score (nSPS) is 15.2. The largest absolute Gasteiger partial charge is 0.369 e. The quantitative estimate of drug-likeness (QED) is 0.619. The van der Waals surface area contributed by atoms with Crippen LogP contribution in [0.4, 0.5) is 5.69 Å². The van der Waals surface area contributed by atoms with Crippen LogP contribution in [0.3, 0.4) is 0 Å². The zero-order chi connectivity index (χ0) is 17.8. The van der Waals surface area contributed by atoms with Crippen molar-refractivity contribution >= 4 is 17.3 Å². The van der Waals surface area contributed by atoms with Gasteiger partial charge in [-0.05, 0) is 34.9 Å². The molecule has 0 aliphatic carbocycles. The lowest BCUT2D eigenvalue weighted by Crippen LogP contribution is -2.46. The van der Waals surface area contributed by atoms with Crippen LogP contribution in [0.25, 0.3) is 11.1 Å². The molecule has 4 rings (SSSR count). The lowest BCUT2D eigenvalue weighted by atomic mass is 9.99. The number of hydrogen-bond donors (Lipinski definition) is 0. The van der Waals surface area contributed by atoms with Gasteiger partial charge in [0.05, 0.1) is 0 Å². The number of halogens is 1. The summed E-state index contributed by atoms with van der Waals surface area (Å²) < 4.78 is 0. The van der Waals surface area contributed by atoms with E-state index >= 15 is 0 Å². The Kier molecular flexibility index (Phi) is 5.24. The van der Waals surface area contributed by atoms with Gasteiger partial charge in [-0.3, -0.25) is 4.90 Å². The van der Waals surface area contributed by atoms with Gasteiger partial charge in [0, 0.05) is 43.4 Å². The summed E-state index contributed by atoms with van der Waals surface area (Å²) in [6.07, 6.45) is 0. The number of rotatable bonds is 4. The Balaban J connectivity index is 1.44. The van der Waals surface area contributed by atoms with E-state index in [2.05, 4.69) is 76.5 Å². The minimum atomic E-state index is 0.807. The van der Waals surface area contributed by atoms with Crippen LogP contribution in [0.5, 0.6) is 0 Å². The summed E-state index contributed by atoms with van der Waals surface area (Å²) in [5, 5.41) is 0.807. The fraction of sp³-hybridized carbons (Fsp3) is 0.217. The van der Waals surface area contributed by atoms with Gasteiger partial charge in [-0.1, -0.05) is 72.3 Å². The number of piperazine rings is 1. The molecule has 3 heteroatoms. The van der Waals surface area contributed by atoms with E-state index in [1.165, 1.54) is 22.4 Å². The molecule has 0 radical (unpaired) electrons. The van der Waals surface area contributed by atoms with Crippen molar-refractivity contribution in [1.82, 2.24) is 4.90 Å². The summed E-state index contributed by atoms with van der Waals surface area (Å²) in [4.78, 5) is 4.97. The summed E-state index contributed by atoms with van der Waals surface area (Å²) in [5.41, 5.74) is 5.25. The monoisotopic (exact) mass is 362 g/mol. The van der Waals surface area contributed by atoms with Crippen molar-refractivity contribution in [2.75, 3.05) is 31.1 Å². The number of benzene rings is 3. The third-order valence-corrected chi connectivity index (χ3v) is 5.28. The van der Waals surface area contributed by atoms with Gasteiger partial charge in [0.15, 0.2) is 0 Å². The predicted molar refractivity (Wildman–Crippen MR) is 111 cm³/mol. The highest BCUT2D eigenvalue weighted by molar-refractivity contribution is 6.30. The van der Waals surface area contributed by atoms with Crippen LogP contribution in [0.2, 0.25) is 5.02 Å². The Morgan fingerprint density at radius 3 is 2.23 bits per heavy atom. The van der Waals surface area contributed by atoms with E-state index in [0.29, 0.717) is 0 Å². The molecule has 0 spiro atoms. The molecule has 0 bridgehead atoms. The Morgan fingerprint density at radius 1 is 0.731 bits per heavy atom. The van der Waals surface area contributed by atoms with E-state index in [0.717, 1.165) is 37.7 Å². The predicted octanol–water partition coefficient (Wildman–Crippen LogP) is 5.33. The van der Waals surface area contributed by atoms with Crippen LogP contribution in [0, 0.1) is 0 Å². The first-order valence-electron chi connectivity index (χ1n) is 9.16. The standard InChI is InChI=1S/C23H23ClN2/c24-21-10-6-11-22(17-21)26-15-13-25(14-16-26)18-20-9-4-5-12-23(20)19-7-2-1-3-8-19/h1-12,17H,13-16,18H2. The highest BCUT2D eigenvalue weighted by Crippen LogP contribution is 2.26. The Bertz CT molecular complexity index is 855. The second kappa shape index (κ2) is 7.94. The van der Waals surface area contributed by atoms with E-state index in [-0.39, 0.29) is 0 Å². The van der Waals surface area contributed by atoms with E-state index < -0.39 is 0 Å². The number of nitrogens with zero attached hydrogens (tertiary/aromatic N) is 2. The third-order valence-electron chi connectivity index (χ3n) is 5.04. The zero-order valence-electron chi connectivity index (χ0n) is 14.8. The maximum Gasteiger partial charge on any atom is 0.0426 e. The maximum atomic E-state index is 6.14. The molecule has 0 amide bonds. The van der Waals surface area contributed by atoms with Gasteiger partial charge < -0.3 is 4.90 Å². The van der Waals surface area contributed by atoms with Crippen molar-refractivity contribution in [2.45, 2.75) is 6.54 Å². The van der Waals surface area contributed by atoms with Crippen LogP contribution < -0.4 is 4.90 Å². The molecule has 3 aromatic carbocycles. The topological polar surface area (TPSA) is 6.48 Å². The first kappa shape index (κ1) is 17.1. The molecule has 2 nitrogen and oxygen atoms in total. The Hall–Kier alpha value is -2.29. The molecule has 0 aromatic heterocycles. The molecule has 1 saturated heterocycles. The van der Waals surface area contributed by atoms with Crippen molar-refractivity contribution in [3.8, 4) is 11.1 Å². The number of anilines is 1. The SMILES string of the molecule is Clc1cccc(N2CCN(Cc3ccccc3-c3ccccc3)CC2)c1. The van der Waals surface area contributed by atoms with Gasteiger partial charge in [-0.25, -0.2) is 0 Å². The van der Waals surface area contributed by atoms with Crippen molar-refractivity contribution in [2.24, 2.45) is 0 Å². The minimum Gasteiger partial charge on any atom is -0.369 e. The van der Waals surface area contributed by atoms with Crippen LogP contribution in [-0.2, 0) is 6.54 Å². The van der Waals surface area contributed by atoms with Crippen molar-refractivity contribution < 1.29 is 0 Å². The van der Waals surface area contributed by atoms with Gasteiger partial charge >= 0.3 is 0 Å². The van der Waals surface area contributed by atoms with E-state index in [4.69, 9.17) is 11.6 Å². The molecule has 0 N–H and O–H groups in total. The summed E-state index contributed by atoms with van der Waals surface area (Å²) in [6, 6.07) is 27.6. The summed E-state index contributed by atoms with van der Waals surface area (Å²) in [6.45, 7) is 5.20. The van der Waals surface area contributed by atoms with Crippen molar-refractivity contribution in [3.63, 3.8) is 0 Å². The van der Waals surface area contributed by atoms with Gasteiger partial charge in [0.2, 0.25) is 0 Å². The second-order valence-electron chi connectivity index (χ2n) is 6.77. The molecule has 1 fully saturated rings. The highest BCUT2D eigenvalue weighted by atomic mass is 35.5. The van der Waals surface area contributed by atoms with Crippen LogP contribution in [0.15, 0.2) is 78.9 Å². The molecule has 1 aliphatic rings. The minimum absolute atomic E-state index is 0.807. The number of hydrogen-bond acceptors (Lipinski definition) is 2. The average molecular weight is 363 g/mol. The van der Waals surface area contributed by atoms with Gasteiger partial charge in [0.1, 0.15) is 0 Å². The van der Waals surface area contributed by atoms with Gasteiger partial charge in [-0.15, -0.1) is 0 Å². The highest BCUT2D eigenvalue weighted by Gasteiger charge is 2.18. The molecule has 3 aromatic rings. The lowest BCUT2D eigenvalue weighted by molar-refractivity contribution is 0.250. The second-order valence-corrected chi connectivity index (χ2v) is 7.20. The average Bonchev–Trinajstić information content (AvgIpc) is 2.70. The van der Waals surface area contributed by atoms with Crippen LogP contribution >= 0.6 is 11.6 Å². The summed E-state index contributed by atoms with van der Waals surface area (Å²) >= 11 is 6.14. The molecule has 132 valence electrons. The van der Waals surface area contributed by atoms with E-state index in [1.807, 2.05) is 12.1 Å². The van der Waals surface area contributed by atoms with Crippen molar-refractivity contribution in [1.29, 1.82) is 0 Å². The lowest BCUT2D eigenvalue weighted by Gasteiger charge is -2.36. The molecular formula is C23H23ClN2. The molecular weight excluding hydrogens is 340 g/mol. The third kappa shape index (κ3) is 3.92. The molecule has 26 heavy (non-hydrogen) atoms. The Labute approximate surface area is 160 Å². The fourth-order valence-electron chi connectivity index (χ4n) is 3.64. The molecule has 1 aliphatic heterocycles. The first-order chi connectivity index (χ1) is 12.8. The summed E-state index contributed by atoms with van der Waals surface area (Å²) in [5.74, 6) is 0. The van der Waals surface area contributed by atoms with Crippen LogP contribution in [-0.4, -0.2) is 31.1 Å². The maximum absolute atomic E-state index is 6.14. The first-order valence-corrected chi connectivity index (χ1v) is 9.53. The van der Waals surface area contributed by atoms with E-state index in [9.17, 15) is 0 Å². The fourth-order valence-corrected chi connectivity index (χ4v) is 3.82. The molecule has 0 unspecified atom stereocenters. The van der Waals surface area contributed by atoms with E-state index in [1.54, 1.807) is 0 Å². The van der Waals surface area contributed by atoms with Crippen LogP contribution in [0.1, 0.15) is 5.56 Å². The smallest absolute Gasteiger partial charge is 0.0426 e. The van der Waals surface area contributed by atoms with Crippen molar-refractivity contribution in [3.05, 3.63) is 89.4 Å². The Morgan fingerprint density at radius 2 is 1.46 bits per heavy atom. The van der Waals surface area contributed by atoms with Gasteiger partial charge in [0.25, 0.3) is 0 Å². The molecule has 0 atom stereocenters. The molecule has 0 saturated carbocycles. The zero-order valence-corrected chi connectivity index (χ0v) is 15.6.